The Morgan fingerprint density at radius 1 is 1.47 bits per heavy atom. The topological polar surface area (TPSA) is 59.1 Å². The van der Waals surface area contributed by atoms with Gasteiger partial charge in [-0.1, -0.05) is 0 Å². The van der Waals surface area contributed by atoms with Crippen LogP contribution in [0.15, 0.2) is 22.7 Å². The molecule has 0 aliphatic heterocycles. The number of nitrogen functional groups attached to an aromatic ring is 1. The molecule has 1 saturated carbocycles. The van der Waals surface area contributed by atoms with E-state index in [1.54, 1.807) is 6.07 Å². The molecule has 0 aromatic heterocycles. The highest BCUT2D eigenvalue weighted by atomic mass is 79.9. The first-order valence-electron chi connectivity index (χ1n) is 4.97. The lowest BCUT2D eigenvalue weighted by Crippen LogP contribution is -2.24. The normalized spacial score (nSPS) is 15.8. The molecule has 1 aliphatic carbocycles. The molecule has 1 aromatic carbocycles. The first-order chi connectivity index (χ1) is 7.16. The van der Waals surface area contributed by atoms with Crippen LogP contribution in [0.4, 0.5) is 0 Å². The fourth-order valence-corrected chi connectivity index (χ4v) is 2.04. The minimum absolute atomic E-state index is 0.0667. The van der Waals surface area contributed by atoms with Crippen LogP contribution in [0.1, 0.15) is 24.8 Å². The van der Waals surface area contributed by atoms with Crippen molar-refractivity contribution in [2.75, 3.05) is 0 Å². The maximum absolute atomic E-state index is 7.34. The number of benzene rings is 1. The molecule has 0 spiro atoms. The number of amidine groups is 1. The monoisotopic (exact) mass is 268 g/mol. The van der Waals surface area contributed by atoms with Crippen molar-refractivity contribution in [1.82, 2.24) is 0 Å². The van der Waals surface area contributed by atoms with E-state index in [2.05, 4.69) is 15.9 Å². The molecule has 4 heteroatoms. The summed E-state index contributed by atoms with van der Waals surface area (Å²) in [5.41, 5.74) is 6.12. The van der Waals surface area contributed by atoms with E-state index in [0.29, 0.717) is 11.7 Å². The zero-order valence-electron chi connectivity index (χ0n) is 8.29. The Morgan fingerprint density at radius 3 is 2.67 bits per heavy atom. The van der Waals surface area contributed by atoms with Crippen LogP contribution in [-0.4, -0.2) is 11.9 Å². The Balaban J connectivity index is 2.13. The van der Waals surface area contributed by atoms with Crippen molar-refractivity contribution in [3.8, 4) is 5.75 Å². The molecule has 1 fully saturated rings. The molecule has 0 bridgehead atoms. The average Bonchev–Trinajstić information content (AvgIpc) is 2.11. The molecule has 0 unspecified atom stereocenters. The number of nitrogens with two attached hydrogens (primary N) is 1. The lowest BCUT2D eigenvalue weighted by molar-refractivity contribution is 0.120. The molecule has 0 saturated heterocycles. The molecule has 1 aliphatic rings. The lowest BCUT2D eigenvalue weighted by atomic mass is 9.96. The molecule has 0 heterocycles. The first kappa shape index (κ1) is 10.5. The van der Waals surface area contributed by atoms with Gasteiger partial charge < -0.3 is 10.5 Å². The Hall–Kier alpha value is -1.03. The number of hydrogen-bond donors (Lipinski definition) is 2. The number of ether oxygens (including phenoxy) is 1. The van der Waals surface area contributed by atoms with Crippen molar-refractivity contribution in [2.45, 2.75) is 25.4 Å². The van der Waals surface area contributed by atoms with Gasteiger partial charge in [0.05, 0.1) is 6.10 Å². The SMILES string of the molecule is N=C(N)c1ccc(OC2CCC2)cc1Br. The lowest BCUT2D eigenvalue weighted by Gasteiger charge is -2.26. The maximum Gasteiger partial charge on any atom is 0.123 e. The van der Waals surface area contributed by atoms with E-state index in [9.17, 15) is 0 Å². The van der Waals surface area contributed by atoms with Gasteiger partial charge >= 0.3 is 0 Å². The third-order valence-corrected chi connectivity index (χ3v) is 3.24. The summed E-state index contributed by atoms with van der Waals surface area (Å²) in [6, 6.07) is 5.54. The van der Waals surface area contributed by atoms with Gasteiger partial charge in [0.2, 0.25) is 0 Å². The van der Waals surface area contributed by atoms with E-state index < -0.39 is 0 Å². The zero-order valence-corrected chi connectivity index (χ0v) is 9.88. The molecule has 0 radical (unpaired) electrons. The highest BCUT2D eigenvalue weighted by molar-refractivity contribution is 9.10. The Morgan fingerprint density at radius 2 is 2.20 bits per heavy atom. The molecule has 0 atom stereocenters. The van der Waals surface area contributed by atoms with Crippen molar-refractivity contribution >= 4 is 21.8 Å². The van der Waals surface area contributed by atoms with Gasteiger partial charge in [0.25, 0.3) is 0 Å². The maximum atomic E-state index is 7.34. The van der Waals surface area contributed by atoms with E-state index in [1.165, 1.54) is 6.42 Å². The average molecular weight is 269 g/mol. The van der Waals surface area contributed by atoms with Crippen molar-refractivity contribution in [1.29, 1.82) is 5.41 Å². The number of rotatable bonds is 3. The van der Waals surface area contributed by atoms with Crippen molar-refractivity contribution < 1.29 is 4.74 Å². The highest BCUT2D eigenvalue weighted by Gasteiger charge is 2.19. The zero-order chi connectivity index (χ0) is 10.8. The predicted octanol–water partition coefficient (Wildman–Crippen LogP) is 2.66. The van der Waals surface area contributed by atoms with Crippen LogP contribution in [0.3, 0.4) is 0 Å². The van der Waals surface area contributed by atoms with Gasteiger partial charge in [-0.3, -0.25) is 5.41 Å². The molecule has 1 aromatic rings. The van der Waals surface area contributed by atoms with Crippen LogP contribution in [-0.2, 0) is 0 Å². The van der Waals surface area contributed by atoms with Crippen molar-refractivity contribution in [3.05, 3.63) is 28.2 Å². The first-order valence-corrected chi connectivity index (χ1v) is 5.77. The molecule has 3 nitrogen and oxygen atoms in total. The molecule has 0 amide bonds. The van der Waals surface area contributed by atoms with Crippen LogP contribution >= 0.6 is 15.9 Å². The summed E-state index contributed by atoms with van der Waals surface area (Å²) in [4.78, 5) is 0. The minimum Gasteiger partial charge on any atom is -0.490 e. The van der Waals surface area contributed by atoms with Gasteiger partial charge in [-0.2, -0.15) is 0 Å². The summed E-state index contributed by atoms with van der Waals surface area (Å²) in [5, 5.41) is 7.34. The Kier molecular flexibility index (Phi) is 2.95. The largest absolute Gasteiger partial charge is 0.490 e. The predicted molar refractivity (Wildman–Crippen MR) is 63.4 cm³/mol. The van der Waals surface area contributed by atoms with E-state index >= 15 is 0 Å². The molecular formula is C11H13BrN2O. The van der Waals surface area contributed by atoms with E-state index in [1.807, 2.05) is 12.1 Å². The summed E-state index contributed by atoms with van der Waals surface area (Å²) in [6.07, 6.45) is 3.93. The highest BCUT2D eigenvalue weighted by Crippen LogP contribution is 2.28. The summed E-state index contributed by atoms with van der Waals surface area (Å²) >= 11 is 3.38. The molecule has 15 heavy (non-hydrogen) atoms. The second-order valence-corrected chi connectivity index (χ2v) is 4.58. The summed E-state index contributed by atoms with van der Waals surface area (Å²) < 4.78 is 6.54. The van der Waals surface area contributed by atoms with Gasteiger partial charge in [0, 0.05) is 10.0 Å². The van der Waals surface area contributed by atoms with E-state index in [4.69, 9.17) is 15.9 Å². The molecule has 80 valence electrons. The number of nitrogens with one attached hydrogen (secondary N) is 1. The molecule has 3 N–H and O–H groups in total. The van der Waals surface area contributed by atoms with Crippen LogP contribution in [0.2, 0.25) is 0 Å². The van der Waals surface area contributed by atoms with Gasteiger partial charge in [0.1, 0.15) is 11.6 Å². The van der Waals surface area contributed by atoms with Crippen molar-refractivity contribution in [3.63, 3.8) is 0 Å². The third-order valence-electron chi connectivity index (χ3n) is 2.59. The molecule has 2 rings (SSSR count). The van der Waals surface area contributed by atoms with Gasteiger partial charge in [-0.05, 0) is 53.4 Å². The minimum atomic E-state index is 0.0667. The van der Waals surface area contributed by atoms with Gasteiger partial charge in [-0.15, -0.1) is 0 Å². The van der Waals surface area contributed by atoms with E-state index in [-0.39, 0.29) is 5.84 Å². The number of halogens is 1. The second-order valence-electron chi connectivity index (χ2n) is 3.73. The Bertz CT molecular complexity index is 388. The fourth-order valence-electron chi connectivity index (χ4n) is 1.47. The standard InChI is InChI=1S/C11H13BrN2O/c12-10-6-8(15-7-2-1-3-7)4-5-9(10)11(13)14/h4-7H,1-3H2,(H3,13,14). The summed E-state index contributed by atoms with van der Waals surface area (Å²) in [7, 11) is 0. The molecular weight excluding hydrogens is 256 g/mol. The third kappa shape index (κ3) is 2.31. The summed E-state index contributed by atoms with van der Waals surface area (Å²) in [5.74, 6) is 0.911. The van der Waals surface area contributed by atoms with Crippen LogP contribution in [0, 0.1) is 5.41 Å². The quantitative estimate of drug-likeness (QED) is 0.654. The van der Waals surface area contributed by atoms with Crippen LogP contribution in [0.25, 0.3) is 0 Å². The van der Waals surface area contributed by atoms with Crippen molar-refractivity contribution in [2.24, 2.45) is 5.73 Å². The smallest absolute Gasteiger partial charge is 0.123 e. The fraction of sp³-hybridized carbons (Fsp3) is 0.364. The Labute approximate surface area is 97.3 Å². The van der Waals surface area contributed by atoms with Crippen LogP contribution < -0.4 is 10.5 Å². The van der Waals surface area contributed by atoms with E-state index in [0.717, 1.165) is 23.1 Å². The van der Waals surface area contributed by atoms with Gasteiger partial charge in [0.15, 0.2) is 0 Å². The second kappa shape index (κ2) is 4.23. The van der Waals surface area contributed by atoms with Gasteiger partial charge in [-0.25, -0.2) is 0 Å². The number of hydrogen-bond acceptors (Lipinski definition) is 2. The van der Waals surface area contributed by atoms with Crippen LogP contribution in [0.5, 0.6) is 5.75 Å². The summed E-state index contributed by atoms with van der Waals surface area (Å²) in [6.45, 7) is 0.